The number of carbonyl (C=O) groups excluding carboxylic acids is 1. The van der Waals surface area contributed by atoms with E-state index in [4.69, 9.17) is 14.2 Å². The van der Waals surface area contributed by atoms with Crippen LogP contribution >= 0.6 is 0 Å². The van der Waals surface area contributed by atoms with Crippen LogP contribution in [0.1, 0.15) is 0 Å². The number of sulfonamides is 1. The normalized spacial score (nSPS) is 19.0. The highest BCUT2D eigenvalue weighted by Crippen LogP contribution is 2.32. The molecule has 142 valence electrons. The summed E-state index contributed by atoms with van der Waals surface area (Å²) in [7, 11) is -3.78. The van der Waals surface area contributed by atoms with Gasteiger partial charge in [-0.2, -0.15) is 0 Å². The van der Waals surface area contributed by atoms with Crippen molar-refractivity contribution in [2.24, 2.45) is 0 Å². The number of anilines is 1. The molecule has 9 heteroatoms. The van der Waals surface area contributed by atoms with Gasteiger partial charge in [0, 0.05) is 18.3 Å². The van der Waals surface area contributed by atoms with Gasteiger partial charge in [-0.1, -0.05) is 18.2 Å². The average molecular weight is 390 g/mol. The van der Waals surface area contributed by atoms with E-state index in [9.17, 15) is 13.2 Å². The smallest absolute Gasteiger partial charge is 0.414 e. The van der Waals surface area contributed by atoms with Crippen molar-refractivity contribution < 1.29 is 27.4 Å². The van der Waals surface area contributed by atoms with Crippen molar-refractivity contribution in [2.75, 3.05) is 31.2 Å². The van der Waals surface area contributed by atoms with Crippen molar-refractivity contribution in [3.63, 3.8) is 0 Å². The van der Waals surface area contributed by atoms with Gasteiger partial charge in [-0.15, -0.1) is 0 Å². The first-order valence-electron chi connectivity index (χ1n) is 8.45. The Bertz CT molecular complexity index is 948. The van der Waals surface area contributed by atoms with Gasteiger partial charge in [0.25, 0.3) is 0 Å². The molecule has 2 aromatic rings. The summed E-state index contributed by atoms with van der Waals surface area (Å²) < 4.78 is 43.7. The number of carbonyl (C=O) groups is 1. The van der Waals surface area contributed by atoms with Crippen LogP contribution in [0.25, 0.3) is 0 Å². The number of hydrogen-bond acceptors (Lipinski definition) is 6. The monoisotopic (exact) mass is 390 g/mol. The summed E-state index contributed by atoms with van der Waals surface area (Å²) in [5, 5.41) is 0. The van der Waals surface area contributed by atoms with Gasteiger partial charge in [-0.3, -0.25) is 4.90 Å². The molecule has 27 heavy (non-hydrogen) atoms. The Morgan fingerprint density at radius 3 is 2.56 bits per heavy atom. The minimum absolute atomic E-state index is 0.0220. The van der Waals surface area contributed by atoms with Gasteiger partial charge >= 0.3 is 6.09 Å². The molecule has 1 amide bonds. The third-order valence-corrected chi connectivity index (χ3v) is 5.69. The summed E-state index contributed by atoms with van der Waals surface area (Å²) >= 11 is 0. The Kier molecular flexibility index (Phi) is 4.63. The van der Waals surface area contributed by atoms with E-state index in [1.54, 1.807) is 18.2 Å². The molecule has 2 heterocycles. The molecule has 0 radical (unpaired) electrons. The van der Waals surface area contributed by atoms with E-state index < -0.39 is 22.2 Å². The minimum atomic E-state index is -3.78. The molecule has 0 aromatic heterocycles. The van der Waals surface area contributed by atoms with E-state index in [0.717, 1.165) is 0 Å². The van der Waals surface area contributed by atoms with Gasteiger partial charge in [0.05, 0.1) is 11.4 Å². The summed E-state index contributed by atoms with van der Waals surface area (Å²) in [5.74, 6) is 0.912. The summed E-state index contributed by atoms with van der Waals surface area (Å²) in [4.78, 5) is 13.6. The van der Waals surface area contributed by atoms with Crippen LogP contribution in [0.2, 0.25) is 0 Å². The van der Waals surface area contributed by atoms with Crippen molar-refractivity contribution in [3.05, 3.63) is 48.5 Å². The molecule has 2 aromatic carbocycles. The molecule has 2 aliphatic rings. The fraction of sp³-hybridized carbons (Fsp3) is 0.278. The zero-order chi connectivity index (χ0) is 18.9. The summed E-state index contributed by atoms with van der Waals surface area (Å²) in [6.07, 6.45) is -1.07. The molecular weight excluding hydrogens is 372 g/mol. The maximum absolute atomic E-state index is 12.5. The molecule has 0 spiro atoms. The maximum atomic E-state index is 12.5. The topological polar surface area (TPSA) is 94.2 Å². The van der Waals surface area contributed by atoms with E-state index in [1.165, 1.54) is 17.0 Å². The van der Waals surface area contributed by atoms with Crippen LogP contribution in [0.4, 0.5) is 10.5 Å². The highest BCUT2D eigenvalue weighted by Gasteiger charge is 2.33. The average Bonchev–Trinajstić information content (AvgIpc) is 3.07. The number of fused-ring (bicyclic) bond motifs is 1. The number of nitrogens with zero attached hydrogens (tertiary/aromatic N) is 1. The van der Waals surface area contributed by atoms with Crippen molar-refractivity contribution in [1.82, 2.24) is 4.72 Å². The summed E-state index contributed by atoms with van der Waals surface area (Å²) in [5.41, 5.74) is 0.708. The number of nitrogens with one attached hydrogen (secondary N) is 1. The lowest BCUT2D eigenvalue weighted by Gasteiger charge is -2.19. The predicted molar refractivity (Wildman–Crippen MR) is 96.7 cm³/mol. The van der Waals surface area contributed by atoms with E-state index in [2.05, 4.69) is 4.72 Å². The molecule has 0 bridgehead atoms. The Morgan fingerprint density at radius 2 is 1.78 bits per heavy atom. The van der Waals surface area contributed by atoms with Crippen LogP contribution in [0.3, 0.4) is 0 Å². The molecule has 4 rings (SSSR count). The number of hydrogen-bond donors (Lipinski definition) is 1. The molecular formula is C18H18N2O6S. The molecule has 1 atom stereocenters. The van der Waals surface area contributed by atoms with Gasteiger partial charge in [0.2, 0.25) is 10.0 Å². The Labute approximate surface area is 156 Å². The van der Waals surface area contributed by atoms with Crippen LogP contribution in [0, 0.1) is 0 Å². The number of para-hydroxylation sites is 1. The quantitative estimate of drug-likeness (QED) is 0.836. The van der Waals surface area contributed by atoms with Gasteiger partial charge in [-0.25, -0.2) is 17.9 Å². The minimum Gasteiger partial charge on any atom is -0.486 e. The first-order valence-corrected chi connectivity index (χ1v) is 9.94. The molecule has 1 saturated heterocycles. The number of cyclic esters (lactones) is 1. The lowest BCUT2D eigenvalue weighted by atomic mass is 10.3. The third kappa shape index (κ3) is 3.69. The zero-order valence-corrected chi connectivity index (χ0v) is 15.1. The SMILES string of the molecule is O=C1O[C@H](CNS(=O)(=O)c2ccc3c(c2)OCCO3)CN1c1ccccc1. The van der Waals surface area contributed by atoms with Crippen LogP contribution in [-0.4, -0.2) is 46.9 Å². The molecule has 0 saturated carbocycles. The second-order valence-electron chi connectivity index (χ2n) is 6.11. The van der Waals surface area contributed by atoms with Crippen molar-refractivity contribution >= 4 is 21.8 Å². The van der Waals surface area contributed by atoms with Crippen LogP contribution in [-0.2, 0) is 14.8 Å². The van der Waals surface area contributed by atoms with Crippen LogP contribution in [0.15, 0.2) is 53.4 Å². The lowest BCUT2D eigenvalue weighted by molar-refractivity contribution is 0.143. The number of amides is 1. The first-order chi connectivity index (χ1) is 13.0. The number of benzene rings is 2. The third-order valence-electron chi connectivity index (χ3n) is 4.27. The van der Waals surface area contributed by atoms with Crippen molar-refractivity contribution in [1.29, 1.82) is 0 Å². The summed E-state index contributed by atoms with van der Waals surface area (Å²) in [6.45, 7) is 1.05. The zero-order valence-electron chi connectivity index (χ0n) is 14.3. The van der Waals surface area contributed by atoms with E-state index in [1.807, 2.05) is 18.2 Å². The number of ether oxygens (including phenoxy) is 3. The second-order valence-corrected chi connectivity index (χ2v) is 7.88. The van der Waals surface area contributed by atoms with Gasteiger partial charge in [0.15, 0.2) is 11.5 Å². The predicted octanol–water partition coefficient (Wildman–Crippen LogP) is 1.76. The molecule has 1 fully saturated rings. The van der Waals surface area contributed by atoms with Gasteiger partial charge in [0.1, 0.15) is 19.3 Å². The molecule has 1 N–H and O–H groups in total. The largest absolute Gasteiger partial charge is 0.486 e. The summed E-state index contributed by atoms with van der Waals surface area (Å²) in [6, 6.07) is 13.5. The first kappa shape index (κ1) is 17.6. The Morgan fingerprint density at radius 1 is 1.04 bits per heavy atom. The highest BCUT2D eigenvalue weighted by molar-refractivity contribution is 7.89. The van der Waals surface area contributed by atoms with Gasteiger partial charge < -0.3 is 14.2 Å². The number of rotatable bonds is 5. The van der Waals surface area contributed by atoms with Crippen LogP contribution in [0.5, 0.6) is 11.5 Å². The molecule has 2 aliphatic heterocycles. The van der Waals surface area contributed by atoms with Crippen LogP contribution < -0.4 is 19.1 Å². The Hall–Kier alpha value is -2.78. The van der Waals surface area contributed by atoms with Crippen molar-refractivity contribution in [2.45, 2.75) is 11.0 Å². The maximum Gasteiger partial charge on any atom is 0.414 e. The Balaban J connectivity index is 1.42. The fourth-order valence-electron chi connectivity index (χ4n) is 2.92. The van der Waals surface area contributed by atoms with Gasteiger partial charge in [-0.05, 0) is 24.3 Å². The lowest BCUT2D eigenvalue weighted by Crippen LogP contribution is -2.34. The van der Waals surface area contributed by atoms with E-state index >= 15 is 0 Å². The van der Waals surface area contributed by atoms with E-state index in [0.29, 0.717) is 30.4 Å². The standard InChI is InChI=1S/C18H18N2O6S/c21-18-20(13-4-2-1-3-5-13)12-14(26-18)11-19-27(22,23)15-6-7-16-17(10-15)25-9-8-24-16/h1-7,10,14,19H,8-9,11-12H2/t14-/m1/s1. The van der Waals surface area contributed by atoms with E-state index in [-0.39, 0.29) is 18.0 Å². The fourth-order valence-corrected chi connectivity index (χ4v) is 4.00. The molecule has 8 nitrogen and oxygen atoms in total. The molecule has 0 aliphatic carbocycles. The highest BCUT2D eigenvalue weighted by atomic mass is 32.2. The second kappa shape index (κ2) is 7.09. The molecule has 0 unspecified atom stereocenters. The van der Waals surface area contributed by atoms with Crippen molar-refractivity contribution in [3.8, 4) is 11.5 Å².